The van der Waals surface area contributed by atoms with Gasteiger partial charge in [-0.15, -0.1) is 0 Å². The lowest BCUT2D eigenvalue weighted by Gasteiger charge is -2.18. The summed E-state index contributed by atoms with van der Waals surface area (Å²) in [6.45, 7) is 0. The lowest BCUT2D eigenvalue weighted by molar-refractivity contribution is 0.377. The molecule has 0 heterocycles. The number of methoxy groups -OCH3 is 1. The van der Waals surface area contributed by atoms with E-state index in [9.17, 15) is 4.39 Å². The quantitative estimate of drug-likeness (QED) is 0.871. The Kier molecular flexibility index (Phi) is 4.00. The normalized spacial score (nSPS) is 18.3. The molecule has 2 nitrogen and oxygen atoms in total. The summed E-state index contributed by atoms with van der Waals surface area (Å²) in [6, 6.07) is 4.97. The molecule has 0 saturated heterocycles. The van der Waals surface area contributed by atoms with Crippen LogP contribution in [-0.4, -0.2) is 7.11 Å². The monoisotopic (exact) mass is 237 g/mol. The van der Waals surface area contributed by atoms with E-state index in [2.05, 4.69) is 0 Å². The van der Waals surface area contributed by atoms with Crippen molar-refractivity contribution in [2.45, 2.75) is 38.1 Å². The van der Waals surface area contributed by atoms with Crippen molar-refractivity contribution in [3.63, 3.8) is 0 Å². The highest BCUT2D eigenvalue weighted by atomic mass is 19.1. The van der Waals surface area contributed by atoms with Crippen LogP contribution in [0.25, 0.3) is 0 Å². The van der Waals surface area contributed by atoms with Gasteiger partial charge < -0.3 is 10.5 Å². The summed E-state index contributed by atoms with van der Waals surface area (Å²) in [5.41, 5.74) is 6.68. The molecule has 1 fully saturated rings. The lowest BCUT2D eigenvalue weighted by atomic mass is 9.94. The first-order valence-electron chi connectivity index (χ1n) is 6.30. The fourth-order valence-electron chi connectivity index (χ4n) is 2.70. The molecule has 0 bridgehead atoms. The van der Waals surface area contributed by atoms with Crippen LogP contribution in [-0.2, 0) is 0 Å². The Bertz CT molecular complexity index is 374. The molecule has 2 N–H and O–H groups in total. The van der Waals surface area contributed by atoms with Gasteiger partial charge in [-0.25, -0.2) is 4.39 Å². The van der Waals surface area contributed by atoms with Gasteiger partial charge in [-0.2, -0.15) is 0 Å². The topological polar surface area (TPSA) is 35.2 Å². The summed E-state index contributed by atoms with van der Waals surface area (Å²) >= 11 is 0. The van der Waals surface area contributed by atoms with Crippen LogP contribution in [0.1, 0.15) is 43.7 Å². The van der Waals surface area contributed by atoms with E-state index in [1.807, 2.05) is 0 Å². The van der Waals surface area contributed by atoms with Gasteiger partial charge in [0.15, 0.2) is 11.6 Å². The van der Waals surface area contributed by atoms with Gasteiger partial charge >= 0.3 is 0 Å². The van der Waals surface area contributed by atoms with E-state index in [1.165, 1.54) is 32.8 Å². The molecule has 17 heavy (non-hydrogen) atoms. The minimum atomic E-state index is -0.305. The average molecular weight is 237 g/mol. The van der Waals surface area contributed by atoms with Crippen LogP contribution in [0, 0.1) is 11.7 Å². The summed E-state index contributed by atoms with van der Waals surface area (Å²) in [6.07, 6.45) is 5.93. The smallest absolute Gasteiger partial charge is 0.169 e. The maximum absolute atomic E-state index is 14.0. The predicted octanol–water partition coefficient (Wildman–Crippen LogP) is 3.41. The third kappa shape index (κ3) is 2.78. The van der Waals surface area contributed by atoms with Crippen LogP contribution in [0.2, 0.25) is 0 Å². The molecule has 1 aliphatic carbocycles. The number of halogens is 1. The molecule has 0 radical (unpaired) electrons. The molecule has 3 heteroatoms. The number of rotatable bonds is 4. The first-order valence-corrected chi connectivity index (χ1v) is 6.30. The second-order valence-corrected chi connectivity index (χ2v) is 4.86. The Morgan fingerprint density at radius 1 is 1.41 bits per heavy atom. The predicted molar refractivity (Wildman–Crippen MR) is 66.5 cm³/mol. The highest BCUT2D eigenvalue weighted by molar-refractivity contribution is 5.32. The van der Waals surface area contributed by atoms with Crippen molar-refractivity contribution in [3.8, 4) is 5.75 Å². The summed E-state index contributed by atoms with van der Waals surface area (Å²) in [5, 5.41) is 0. The average Bonchev–Trinajstić information content (AvgIpc) is 2.82. The lowest BCUT2D eigenvalue weighted by Crippen LogP contribution is -2.16. The van der Waals surface area contributed by atoms with Gasteiger partial charge in [0.25, 0.3) is 0 Å². The molecule has 1 unspecified atom stereocenters. The number of nitrogens with two attached hydrogens (primary N) is 1. The molecule has 0 aromatic heterocycles. The van der Waals surface area contributed by atoms with Crippen molar-refractivity contribution in [2.24, 2.45) is 11.7 Å². The molecule has 0 aliphatic heterocycles. The van der Waals surface area contributed by atoms with Crippen molar-refractivity contribution < 1.29 is 9.13 Å². The second-order valence-electron chi connectivity index (χ2n) is 4.86. The van der Waals surface area contributed by atoms with E-state index in [-0.39, 0.29) is 17.6 Å². The van der Waals surface area contributed by atoms with Gasteiger partial charge in [0.1, 0.15) is 0 Å². The van der Waals surface area contributed by atoms with Crippen LogP contribution in [0.4, 0.5) is 4.39 Å². The molecular weight excluding hydrogens is 217 g/mol. The van der Waals surface area contributed by atoms with Crippen molar-refractivity contribution >= 4 is 0 Å². The summed E-state index contributed by atoms with van der Waals surface area (Å²) in [4.78, 5) is 0. The number of hydrogen-bond acceptors (Lipinski definition) is 2. The fraction of sp³-hybridized carbons (Fsp3) is 0.571. The molecule has 1 aromatic carbocycles. The third-order valence-electron chi connectivity index (χ3n) is 3.67. The first kappa shape index (κ1) is 12.4. The zero-order valence-electron chi connectivity index (χ0n) is 10.3. The molecule has 94 valence electrons. The number of hydrogen-bond donors (Lipinski definition) is 1. The zero-order valence-corrected chi connectivity index (χ0v) is 10.3. The van der Waals surface area contributed by atoms with E-state index in [1.54, 1.807) is 18.2 Å². The Hall–Kier alpha value is -1.09. The molecule has 1 atom stereocenters. The van der Waals surface area contributed by atoms with E-state index < -0.39 is 0 Å². The molecular formula is C14H20FNO. The van der Waals surface area contributed by atoms with Gasteiger partial charge in [-0.1, -0.05) is 37.8 Å². The zero-order chi connectivity index (χ0) is 12.3. The molecule has 1 saturated carbocycles. The minimum Gasteiger partial charge on any atom is -0.494 e. The fourth-order valence-corrected chi connectivity index (χ4v) is 2.70. The van der Waals surface area contributed by atoms with Crippen molar-refractivity contribution in [1.82, 2.24) is 0 Å². The highest BCUT2D eigenvalue weighted by Crippen LogP contribution is 2.33. The van der Waals surface area contributed by atoms with Gasteiger partial charge in [-0.05, 0) is 18.4 Å². The summed E-state index contributed by atoms with van der Waals surface area (Å²) < 4.78 is 19.0. The molecule has 1 aliphatic rings. The van der Waals surface area contributed by atoms with Crippen LogP contribution in [0.15, 0.2) is 18.2 Å². The van der Waals surface area contributed by atoms with Crippen molar-refractivity contribution in [2.75, 3.05) is 7.11 Å². The maximum atomic E-state index is 14.0. The summed E-state index contributed by atoms with van der Waals surface area (Å²) in [7, 11) is 1.48. The van der Waals surface area contributed by atoms with E-state index in [0.29, 0.717) is 11.5 Å². The Morgan fingerprint density at radius 2 is 2.12 bits per heavy atom. The van der Waals surface area contributed by atoms with Crippen LogP contribution >= 0.6 is 0 Å². The van der Waals surface area contributed by atoms with Crippen LogP contribution in [0.3, 0.4) is 0 Å². The third-order valence-corrected chi connectivity index (χ3v) is 3.67. The van der Waals surface area contributed by atoms with E-state index >= 15 is 0 Å². The van der Waals surface area contributed by atoms with E-state index in [0.717, 1.165) is 6.42 Å². The number of benzene rings is 1. The maximum Gasteiger partial charge on any atom is 0.169 e. The standard InChI is InChI=1S/C14H20FNO/c1-17-13-8-4-7-11(14(13)15)12(16)9-10-5-2-3-6-10/h4,7-8,10,12H,2-3,5-6,9,16H2,1H3. The van der Waals surface area contributed by atoms with Gasteiger partial charge in [-0.3, -0.25) is 0 Å². The summed E-state index contributed by atoms with van der Waals surface area (Å²) in [5.74, 6) is 0.639. The minimum absolute atomic E-state index is 0.215. The van der Waals surface area contributed by atoms with Crippen molar-refractivity contribution in [1.29, 1.82) is 0 Å². The van der Waals surface area contributed by atoms with Gasteiger partial charge in [0, 0.05) is 11.6 Å². The second kappa shape index (κ2) is 5.50. The molecule has 1 aromatic rings. The van der Waals surface area contributed by atoms with Gasteiger partial charge in [0.05, 0.1) is 7.11 Å². The van der Waals surface area contributed by atoms with E-state index in [4.69, 9.17) is 10.5 Å². The van der Waals surface area contributed by atoms with Crippen LogP contribution in [0.5, 0.6) is 5.75 Å². The Balaban J connectivity index is 2.09. The first-order chi connectivity index (χ1) is 8.22. The Morgan fingerprint density at radius 3 is 2.76 bits per heavy atom. The number of ether oxygens (including phenoxy) is 1. The Labute approximate surface area is 102 Å². The molecule has 0 amide bonds. The molecule has 2 rings (SSSR count). The highest BCUT2D eigenvalue weighted by Gasteiger charge is 2.21. The molecule has 0 spiro atoms. The van der Waals surface area contributed by atoms with Crippen LogP contribution < -0.4 is 10.5 Å². The largest absolute Gasteiger partial charge is 0.494 e. The SMILES string of the molecule is COc1cccc(C(N)CC2CCCC2)c1F. The van der Waals surface area contributed by atoms with Crippen molar-refractivity contribution in [3.05, 3.63) is 29.6 Å². The van der Waals surface area contributed by atoms with Gasteiger partial charge in [0.2, 0.25) is 0 Å².